The molecule has 0 heterocycles. The van der Waals surface area contributed by atoms with Gasteiger partial charge in [-0.15, -0.1) is 11.8 Å². The van der Waals surface area contributed by atoms with Crippen molar-refractivity contribution in [3.63, 3.8) is 0 Å². The first-order valence-electron chi connectivity index (χ1n) is 5.11. The van der Waals surface area contributed by atoms with Crippen LogP contribution in [-0.4, -0.2) is 51.6 Å². The fourth-order valence-corrected chi connectivity index (χ4v) is 1.72. The lowest BCUT2D eigenvalue weighted by atomic mass is 10.3. The van der Waals surface area contributed by atoms with Crippen LogP contribution < -0.4 is 0 Å². The SMILES string of the molecule is CC(C)(C)SCC(=O)N(CC(=O)O)CC(F)(F)F. The molecular formula is C10H16F3NO3S. The van der Waals surface area contributed by atoms with Gasteiger partial charge in [-0.1, -0.05) is 20.8 Å². The minimum absolute atomic E-state index is 0.174. The molecule has 18 heavy (non-hydrogen) atoms. The molecule has 0 atom stereocenters. The molecule has 0 saturated carbocycles. The molecule has 0 aliphatic carbocycles. The molecule has 0 unspecified atom stereocenters. The van der Waals surface area contributed by atoms with Gasteiger partial charge in [-0.2, -0.15) is 13.2 Å². The fraction of sp³-hybridized carbons (Fsp3) is 0.800. The van der Waals surface area contributed by atoms with E-state index in [4.69, 9.17) is 5.11 Å². The van der Waals surface area contributed by atoms with E-state index in [1.807, 2.05) is 20.8 Å². The number of hydrogen-bond donors (Lipinski definition) is 1. The van der Waals surface area contributed by atoms with E-state index in [1.54, 1.807) is 0 Å². The molecule has 106 valence electrons. The topological polar surface area (TPSA) is 57.6 Å². The highest BCUT2D eigenvalue weighted by Crippen LogP contribution is 2.24. The molecular weight excluding hydrogens is 271 g/mol. The lowest BCUT2D eigenvalue weighted by Crippen LogP contribution is -2.43. The van der Waals surface area contributed by atoms with Crippen molar-refractivity contribution in [1.29, 1.82) is 0 Å². The number of carboxylic acid groups (broad SMARTS) is 1. The van der Waals surface area contributed by atoms with Crippen LogP contribution in [0, 0.1) is 0 Å². The Morgan fingerprint density at radius 2 is 1.72 bits per heavy atom. The number of halogens is 3. The summed E-state index contributed by atoms with van der Waals surface area (Å²) < 4.78 is 36.3. The van der Waals surface area contributed by atoms with Crippen molar-refractivity contribution in [1.82, 2.24) is 4.90 Å². The highest BCUT2D eigenvalue weighted by atomic mass is 32.2. The fourth-order valence-electron chi connectivity index (χ4n) is 0.981. The van der Waals surface area contributed by atoms with Gasteiger partial charge >= 0.3 is 12.1 Å². The number of carbonyl (C=O) groups excluding carboxylic acids is 1. The summed E-state index contributed by atoms with van der Waals surface area (Å²) in [6.07, 6.45) is -4.60. The molecule has 0 spiro atoms. The van der Waals surface area contributed by atoms with Gasteiger partial charge in [0, 0.05) is 4.75 Å². The predicted molar refractivity (Wildman–Crippen MR) is 62.5 cm³/mol. The van der Waals surface area contributed by atoms with Crippen LogP contribution in [0.25, 0.3) is 0 Å². The summed E-state index contributed by atoms with van der Waals surface area (Å²) in [4.78, 5) is 22.3. The number of thioether (sulfide) groups is 1. The van der Waals surface area contributed by atoms with E-state index >= 15 is 0 Å². The molecule has 0 aromatic rings. The second-order valence-electron chi connectivity index (χ2n) is 4.66. The average Bonchev–Trinajstić information content (AvgIpc) is 2.08. The van der Waals surface area contributed by atoms with Gasteiger partial charge in [0.15, 0.2) is 0 Å². The molecule has 0 radical (unpaired) electrons. The molecule has 0 bridgehead atoms. The van der Waals surface area contributed by atoms with Crippen molar-refractivity contribution in [3.05, 3.63) is 0 Å². The van der Waals surface area contributed by atoms with Crippen molar-refractivity contribution in [3.8, 4) is 0 Å². The van der Waals surface area contributed by atoms with Crippen molar-refractivity contribution in [2.24, 2.45) is 0 Å². The first-order chi connectivity index (χ1) is 7.91. The molecule has 0 aliphatic rings. The van der Waals surface area contributed by atoms with Gasteiger partial charge in [-0.05, 0) is 0 Å². The van der Waals surface area contributed by atoms with E-state index in [2.05, 4.69) is 0 Å². The monoisotopic (exact) mass is 287 g/mol. The number of carbonyl (C=O) groups is 2. The lowest BCUT2D eigenvalue weighted by molar-refractivity contribution is -0.164. The molecule has 0 aromatic heterocycles. The standard InChI is InChI=1S/C10H16F3NO3S/c1-9(2,3)18-5-7(15)14(4-8(16)17)6-10(11,12)13/h4-6H2,1-3H3,(H,16,17). The zero-order valence-corrected chi connectivity index (χ0v) is 11.2. The van der Waals surface area contributed by atoms with E-state index < -0.39 is 31.1 Å². The van der Waals surface area contributed by atoms with Gasteiger partial charge in [0.2, 0.25) is 5.91 Å². The predicted octanol–water partition coefficient (Wildman–Crippen LogP) is 1.99. The molecule has 0 aliphatic heterocycles. The molecule has 1 N–H and O–H groups in total. The maximum atomic E-state index is 12.2. The van der Waals surface area contributed by atoms with Crippen LogP contribution >= 0.6 is 11.8 Å². The Morgan fingerprint density at radius 3 is 2.06 bits per heavy atom. The average molecular weight is 287 g/mol. The first kappa shape index (κ1) is 17.1. The number of hydrogen-bond acceptors (Lipinski definition) is 3. The van der Waals surface area contributed by atoms with E-state index in [1.165, 1.54) is 11.8 Å². The minimum atomic E-state index is -4.60. The van der Waals surface area contributed by atoms with Gasteiger partial charge in [0.05, 0.1) is 5.75 Å². The molecule has 0 fully saturated rings. The largest absolute Gasteiger partial charge is 0.480 e. The summed E-state index contributed by atoms with van der Waals surface area (Å²) in [6.45, 7) is 2.97. The van der Waals surface area contributed by atoms with Crippen LogP contribution in [0.2, 0.25) is 0 Å². The second-order valence-corrected chi connectivity index (χ2v) is 6.46. The van der Waals surface area contributed by atoms with Gasteiger partial charge < -0.3 is 10.0 Å². The van der Waals surface area contributed by atoms with Crippen molar-refractivity contribution < 1.29 is 27.9 Å². The molecule has 1 amide bonds. The summed E-state index contributed by atoms with van der Waals surface area (Å²) in [5.74, 6) is -2.46. The van der Waals surface area contributed by atoms with Crippen LogP contribution in [0.4, 0.5) is 13.2 Å². The molecule has 8 heteroatoms. The Morgan fingerprint density at radius 1 is 1.22 bits per heavy atom. The van der Waals surface area contributed by atoms with E-state index in [-0.39, 0.29) is 10.5 Å². The van der Waals surface area contributed by atoms with Gasteiger partial charge in [-0.25, -0.2) is 0 Å². The Labute approximate surface area is 108 Å². The normalized spacial score (nSPS) is 12.3. The summed E-state index contributed by atoms with van der Waals surface area (Å²) in [6, 6.07) is 0. The molecule has 0 rings (SSSR count). The zero-order valence-electron chi connectivity index (χ0n) is 10.4. The number of nitrogens with zero attached hydrogens (tertiary/aromatic N) is 1. The number of aliphatic carboxylic acids is 1. The first-order valence-corrected chi connectivity index (χ1v) is 6.09. The number of amides is 1. The Balaban J connectivity index is 4.55. The van der Waals surface area contributed by atoms with E-state index in [0.717, 1.165) is 0 Å². The summed E-state index contributed by atoms with van der Waals surface area (Å²) in [5, 5.41) is 8.49. The van der Waals surface area contributed by atoms with Crippen LogP contribution in [0.5, 0.6) is 0 Å². The van der Waals surface area contributed by atoms with E-state index in [9.17, 15) is 22.8 Å². The third-order valence-corrected chi connectivity index (χ3v) is 2.93. The third-order valence-electron chi connectivity index (χ3n) is 1.68. The Hall–Kier alpha value is -0.920. The minimum Gasteiger partial charge on any atom is -0.480 e. The summed E-state index contributed by atoms with van der Waals surface area (Å²) in [7, 11) is 0. The quantitative estimate of drug-likeness (QED) is 0.840. The van der Waals surface area contributed by atoms with Gasteiger partial charge in [-0.3, -0.25) is 9.59 Å². The van der Waals surface area contributed by atoms with E-state index in [0.29, 0.717) is 4.90 Å². The molecule has 4 nitrogen and oxygen atoms in total. The number of carboxylic acids is 1. The molecule has 0 aromatic carbocycles. The highest BCUT2D eigenvalue weighted by Gasteiger charge is 2.34. The van der Waals surface area contributed by atoms with Crippen LogP contribution in [-0.2, 0) is 9.59 Å². The second kappa shape index (κ2) is 6.31. The molecule has 0 saturated heterocycles. The number of alkyl halides is 3. The zero-order chi connectivity index (χ0) is 14.6. The van der Waals surface area contributed by atoms with Crippen molar-refractivity contribution >= 4 is 23.6 Å². The van der Waals surface area contributed by atoms with Crippen molar-refractivity contribution in [2.45, 2.75) is 31.7 Å². The summed E-state index contributed by atoms with van der Waals surface area (Å²) in [5.41, 5.74) is 0. The summed E-state index contributed by atoms with van der Waals surface area (Å²) >= 11 is 1.17. The van der Waals surface area contributed by atoms with Crippen molar-refractivity contribution in [2.75, 3.05) is 18.8 Å². The Kier molecular flexibility index (Phi) is 5.98. The van der Waals surface area contributed by atoms with Crippen LogP contribution in [0.1, 0.15) is 20.8 Å². The van der Waals surface area contributed by atoms with Gasteiger partial charge in [0.25, 0.3) is 0 Å². The Bertz CT molecular complexity index is 312. The van der Waals surface area contributed by atoms with Crippen LogP contribution in [0.3, 0.4) is 0 Å². The maximum absolute atomic E-state index is 12.2. The maximum Gasteiger partial charge on any atom is 0.406 e. The smallest absolute Gasteiger partial charge is 0.406 e. The van der Waals surface area contributed by atoms with Crippen LogP contribution in [0.15, 0.2) is 0 Å². The number of rotatable bonds is 5. The van der Waals surface area contributed by atoms with Gasteiger partial charge in [0.1, 0.15) is 13.1 Å². The highest BCUT2D eigenvalue weighted by molar-refractivity contribution is 8.01. The lowest BCUT2D eigenvalue weighted by Gasteiger charge is -2.24. The third kappa shape index (κ3) is 9.15.